The Labute approximate surface area is 146 Å². The summed E-state index contributed by atoms with van der Waals surface area (Å²) in [6, 6.07) is 2.12. The first-order chi connectivity index (χ1) is 11.1. The quantitative estimate of drug-likeness (QED) is 0.806. The van der Waals surface area contributed by atoms with Crippen molar-refractivity contribution in [3.8, 4) is 0 Å². The Kier molecular flexibility index (Phi) is 5.21. The molecule has 0 N–H and O–H groups in total. The van der Waals surface area contributed by atoms with Gasteiger partial charge in [0.15, 0.2) is 0 Å². The number of anilines is 1. The Morgan fingerprint density at radius 2 is 1.83 bits per heavy atom. The van der Waals surface area contributed by atoms with Gasteiger partial charge in [0.25, 0.3) is 0 Å². The second-order valence-electron chi connectivity index (χ2n) is 6.52. The normalized spacial score (nSPS) is 20.8. The van der Waals surface area contributed by atoms with E-state index in [4.69, 9.17) is 0 Å². The van der Waals surface area contributed by atoms with Crippen molar-refractivity contribution in [3.63, 3.8) is 0 Å². The first-order valence-corrected chi connectivity index (χ1v) is 9.25. The van der Waals surface area contributed by atoms with Crippen molar-refractivity contribution in [2.45, 2.75) is 32.7 Å². The third-order valence-electron chi connectivity index (χ3n) is 4.99. The summed E-state index contributed by atoms with van der Waals surface area (Å²) in [7, 11) is 0. The second-order valence-corrected chi connectivity index (χ2v) is 7.38. The van der Waals surface area contributed by atoms with Crippen molar-refractivity contribution in [1.82, 2.24) is 14.8 Å². The molecule has 23 heavy (non-hydrogen) atoms. The molecule has 0 radical (unpaired) electrons. The van der Waals surface area contributed by atoms with Crippen LogP contribution in [-0.2, 0) is 4.79 Å². The molecule has 2 aliphatic heterocycles. The molecule has 1 amide bonds. The Bertz CT molecular complexity index is 566. The molecule has 6 heteroatoms. The van der Waals surface area contributed by atoms with Crippen molar-refractivity contribution < 1.29 is 4.79 Å². The van der Waals surface area contributed by atoms with Crippen LogP contribution < -0.4 is 4.90 Å². The Morgan fingerprint density at radius 1 is 1.17 bits per heavy atom. The van der Waals surface area contributed by atoms with Gasteiger partial charge in [-0.25, -0.2) is 4.98 Å². The monoisotopic (exact) mass is 380 g/mol. The average molecular weight is 381 g/mol. The van der Waals surface area contributed by atoms with E-state index in [1.165, 1.54) is 5.56 Å². The number of pyridine rings is 1. The van der Waals surface area contributed by atoms with Crippen LogP contribution in [-0.4, -0.2) is 66.0 Å². The minimum Gasteiger partial charge on any atom is -0.354 e. The molecule has 0 spiro atoms. The van der Waals surface area contributed by atoms with Gasteiger partial charge in [0.2, 0.25) is 5.91 Å². The summed E-state index contributed by atoms with van der Waals surface area (Å²) in [5, 5.41) is 0. The molecule has 1 aromatic heterocycles. The molecule has 1 atom stereocenters. The van der Waals surface area contributed by atoms with Crippen molar-refractivity contribution in [1.29, 1.82) is 0 Å². The number of hydrogen-bond donors (Lipinski definition) is 0. The molecule has 0 saturated carbocycles. The predicted molar refractivity (Wildman–Crippen MR) is 95.7 cm³/mol. The summed E-state index contributed by atoms with van der Waals surface area (Å²) in [6.07, 6.45) is 4.18. The van der Waals surface area contributed by atoms with Gasteiger partial charge >= 0.3 is 0 Å². The average Bonchev–Trinajstić information content (AvgIpc) is 3.11. The summed E-state index contributed by atoms with van der Waals surface area (Å²) in [4.78, 5) is 23.7. The van der Waals surface area contributed by atoms with E-state index in [9.17, 15) is 4.79 Å². The van der Waals surface area contributed by atoms with Gasteiger partial charge in [0, 0.05) is 49.9 Å². The van der Waals surface area contributed by atoms with E-state index in [-0.39, 0.29) is 6.04 Å². The Balaban J connectivity index is 1.57. The lowest BCUT2D eigenvalue weighted by molar-refractivity contribution is -0.135. The van der Waals surface area contributed by atoms with Crippen LogP contribution in [0.15, 0.2) is 16.7 Å². The van der Waals surface area contributed by atoms with E-state index in [0.29, 0.717) is 5.91 Å². The predicted octanol–water partition coefficient (Wildman–Crippen LogP) is 2.29. The maximum absolute atomic E-state index is 12.5. The third-order valence-corrected chi connectivity index (χ3v) is 5.82. The number of piperazine rings is 1. The molecule has 126 valence electrons. The van der Waals surface area contributed by atoms with Gasteiger partial charge in [0.1, 0.15) is 5.82 Å². The first kappa shape index (κ1) is 16.7. The van der Waals surface area contributed by atoms with Crippen molar-refractivity contribution >= 4 is 27.7 Å². The number of amides is 1. The second kappa shape index (κ2) is 7.18. The van der Waals surface area contributed by atoms with Gasteiger partial charge in [-0.05, 0) is 54.2 Å². The third kappa shape index (κ3) is 3.69. The van der Waals surface area contributed by atoms with E-state index in [0.717, 1.165) is 62.4 Å². The number of rotatable bonds is 3. The molecule has 3 rings (SSSR count). The summed E-state index contributed by atoms with van der Waals surface area (Å²) >= 11 is 3.50. The van der Waals surface area contributed by atoms with Crippen LogP contribution in [0.25, 0.3) is 0 Å². The van der Waals surface area contributed by atoms with E-state index < -0.39 is 0 Å². The molecule has 0 bridgehead atoms. The largest absolute Gasteiger partial charge is 0.354 e. The Morgan fingerprint density at radius 3 is 2.43 bits per heavy atom. The maximum Gasteiger partial charge on any atom is 0.239 e. The summed E-state index contributed by atoms with van der Waals surface area (Å²) in [6.45, 7) is 9.68. The van der Waals surface area contributed by atoms with Gasteiger partial charge in [0.05, 0.1) is 6.04 Å². The minimum atomic E-state index is -0.00476. The molecule has 2 fully saturated rings. The first-order valence-electron chi connectivity index (χ1n) is 8.46. The van der Waals surface area contributed by atoms with Crippen LogP contribution in [0.5, 0.6) is 0 Å². The fraction of sp³-hybridized carbons (Fsp3) is 0.647. The molecule has 2 aliphatic rings. The zero-order valence-corrected chi connectivity index (χ0v) is 15.5. The highest BCUT2D eigenvalue weighted by Gasteiger charge is 2.30. The Hall–Kier alpha value is -1.14. The maximum atomic E-state index is 12.5. The van der Waals surface area contributed by atoms with Crippen LogP contribution >= 0.6 is 15.9 Å². The molecule has 2 saturated heterocycles. The van der Waals surface area contributed by atoms with Crippen LogP contribution in [0.2, 0.25) is 0 Å². The molecule has 3 heterocycles. The molecule has 1 aromatic rings. The van der Waals surface area contributed by atoms with E-state index in [1.54, 1.807) is 0 Å². The zero-order valence-electron chi connectivity index (χ0n) is 14.0. The van der Waals surface area contributed by atoms with Crippen LogP contribution in [0.1, 0.15) is 25.3 Å². The lowest BCUT2D eigenvalue weighted by Gasteiger charge is -2.39. The molecular weight excluding hydrogens is 356 g/mol. The lowest BCUT2D eigenvalue weighted by Crippen LogP contribution is -2.54. The van der Waals surface area contributed by atoms with Crippen molar-refractivity contribution in [2.75, 3.05) is 44.2 Å². The number of aromatic nitrogens is 1. The van der Waals surface area contributed by atoms with Gasteiger partial charge in [-0.15, -0.1) is 0 Å². The van der Waals surface area contributed by atoms with E-state index in [2.05, 4.69) is 50.6 Å². The smallest absolute Gasteiger partial charge is 0.239 e. The number of nitrogens with zero attached hydrogens (tertiary/aromatic N) is 4. The summed E-state index contributed by atoms with van der Waals surface area (Å²) < 4.78 is 1.05. The molecule has 0 aliphatic carbocycles. The molecule has 0 aromatic carbocycles. The molecule has 1 unspecified atom stereocenters. The van der Waals surface area contributed by atoms with Crippen LogP contribution in [0.4, 0.5) is 5.82 Å². The van der Waals surface area contributed by atoms with Gasteiger partial charge in [-0.3, -0.25) is 9.69 Å². The van der Waals surface area contributed by atoms with Gasteiger partial charge in [-0.1, -0.05) is 0 Å². The minimum absolute atomic E-state index is 0.00476. The topological polar surface area (TPSA) is 39.7 Å². The highest BCUT2D eigenvalue weighted by atomic mass is 79.9. The SMILES string of the molecule is Cc1cc(N2CCN(C(C)C(=O)N3CCCC3)CC2)ncc1Br. The highest BCUT2D eigenvalue weighted by Crippen LogP contribution is 2.22. The van der Waals surface area contributed by atoms with Crippen molar-refractivity contribution in [3.05, 3.63) is 22.3 Å². The number of likely N-dealkylation sites (tertiary alicyclic amines) is 1. The molecular formula is C17H25BrN4O. The van der Waals surface area contributed by atoms with E-state index in [1.807, 2.05) is 11.1 Å². The van der Waals surface area contributed by atoms with Gasteiger partial charge in [-0.2, -0.15) is 0 Å². The van der Waals surface area contributed by atoms with Gasteiger partial charge < -0.3 is 9.80 Å². The van der Waals surface area contributed by atoms with E-state index >= 15 is 0 Å². The van der Waals surface area contributed by atoms with Crippen molar-refractivity contribution in [2.24, 2.45) is 0 Å². The van der Waals surface area contributed by atoms with Crippen LogP contribution in [0.3, 0.4) is 0 Å². The number of halogens is 1. The number of carbonyl (C=O) groups excluding carboxylic acids is 1. The molecule has 5 nitrogen and oxygen atoms in total. The number of carbonyl (C=O) groups is 1. The summed E-state index contributed by atoms with van der Waals surface area (Å²) in [5.41, 5.74) is 1.20. The number of hydrogen-bond acceptors (Lipinski definition) is 4. The number of aryl methyl sites for hydroxylation is 1. The standard InChI is InChI=1S/C17H25BrN4O/c1-13-11-16(19-12-15(13)18)21-9-7-20(8-10-21)14(2)17(23)22-5-3-4-6-22/h11-12,14H,3-10H2,1-2H3. The van der Waals surface area contributed by atoms with Crippen LogP contribution in [0, 0.1) is 6.92 Å². The zero-order chi connectivity index (χ0) is 16.4. The fourth-order valence-electron chi connectivity index (χ4n) is 3.39. The lowest BCUT2D eigenvalue weighted by atomic mass is 10.2. The summed E-state index contributed by atoms with van der Waals surface area (Å²) in [5.74, 6) is 1.33. The highest BCUT2D eigenvalue weighted by molar-refractivity contribution is 9.10. The fourth-order valence-corrected chi connectivity index (χ4v) is 3.61.